The summed E-state index contributed by atoms with van der Waals surface area (Å²) >= 11 is 0. The minimum absolute atomic E-state index is 0.214. The average Bonchev–Trinajstić information content (AvgIpc) is 0.844. The van der Waals surface area contributed by atoms with Gasteiger partial charge in [0.1, 0.15) is 0 Å². The summed E-state index contributed by atoms with van der Waals surface area (Å²) in [7, 11) is 0. The van der Waals surface area contributed by atoms with Crippen LogP contribution in [0.25, 0.3) is 0 Å². The van der Waals surface area contributed by atoms with Crippen molar-refractivity contribution in [3.8, 4) is 0 Å². The van der Waals surface area contributed by atoms with Crippen molar-refractivity contribution in [3.05, 3.63) is 209 Å². The second kappa shape index (κ2) is 62.3. The molecule has 0 N–H and O–H groups in total. The van der Waals surface area contributed by atoms with Crippen LogP contribution in [-0.4, -0.2) is 0 Å². The number of hydrogen-bond acceptors (Lipinski definition) is 0. The minimum Gasteiger partial charge on any atom is -0.203 e. The molecule has 6 aromatic carbocycles. The normalized spacial score (nSPS) is 22.2. The number of benzene rings is 6. The van der Waals surface area contributed by atoms with Gasteiger partial charge in [-0.25, -0.2) is 52.7 Å². The largest absolute Gasteiger partial charge is 0.203 e. The maximum absolute atomic E-state index is 14.5. The zero-order valence-electron chi connectivity index (χ0n) is 83.4. The maximum Gasteiger partial charge on any atom is 0.162 e. The van der Waals surface area contributed by atoms with Gasteiger partial charge in [-0.2, -0.15) is 0 Å². The Balaban J connectivity index is 0.000000214. The van der Waals surface area contributed by atoms with Crippen molar-refractivity contribution in [2.45, 2.75) is 491 Å². The predicted molar refractivity (Wildman–Crippen MR) is 526 cm³/mol. The van der Waals surface area contributed by atoms with Crippen LogP contribution >= 0.6 is 0 Å². The zero-order chi connectivity index (χ0) is 94.3. The number of rotatable bonds is 40. The molecular weight excluding hydrogens is 1650 g/mol. The van der Waals surface area contributed by atoms with Gasteiger partial charge in [0.25, 0.3) is 0 Å². The summed E-state index contributed by atoms with van der Waals surface area (Å²) < 4.78 is 171. The van der Waals surface area contributed by atoms with Crippen LogP contribution in [0.2, 0.25) is 0 Å². The van der Waals surface area contributed by atoms with E-state index in [2.05, 4.69) is 55.4 Å². The highest BCUT2D eigenvalue weighted by Gasteiger charge is 2.34. The maximum atomic E-state index is 14.5. The SMILES string of the molecule is CCCCCC1CCC(c2ccc(CCC)c(F)c2F)CC1.CCCCCC1CCC(c2ccc(CCC)c(F)c2F)CC1.CCCCCc1ccc(C2CCC(CCC)CC2)c(F)c1F.CCCCCc1ccc(C2CCC(CCCCC)CC2)c(F)c1F.CCCc1ccc(C2CCC(CCC)CC2)c(F)c1F.CCCc1ccc(C2CCC(CCC)CC2)c(F)c1F. The molecule has 0 aromatic heterocycles. The number of halogens is 12. The van der Waals surface area contributed by atoms with Gasteiger partial charge in [0.15, 0.2) is 69.8 Å². The smallest absolute Gasteiger partial charge is 0.162 e. The molecule has 12 heteroatoms. The van der Waals surface area contributed by atoms with E-state index in [0.29, 0.717) is 105 Å². The molecule has 6 aliphatic carbocycles. The van der Waals surface area contributed by atoms with Crippen molar-refractivity contribution in [1.29, 1.82) is 0 Å². The molecule has 130 heavy (non-hydrogen) atoms. The van der Waals surface area contributed by atoms with E-state index in [1.54, 1.807) is 24.3 Å². The van der Waals surface area contributed by atoms with Gasteiger partial charge in [-0.1, -0.05) is 323 Å². The third-order valence-corrected chi connectivity index (χ3v) is 30.8. The van der Waals surface area contributed by atoms with Gasteiger partial charge in [-0.3, -0.25) is 0 Å². The van der Waals surface area contributed by atoms with Crippen molar-refractivity contribution >= 4 is 0 Å². The molecule has 6 fully saturated rings. The summed E-state index contributed by atoms with van der Waals surface area (Å²) in [5.41, 5.74) is 6.89. The molecule has 6 aromatic rings. The first-order valence-electron chi connectivity index (χ1n) is 53.8. The first-order chi connectivity index (χ1) is 63.0. The number of unbranched alkanes of at least 4 members (excludes halogenated alkanes) is 10. The van der Waals surface area contributed by atoms with E-state index in [1.165, 1.54) is 154 Å². The zero-order valence-corrected chi connectivity index (χ0v) is 83.4. The Morgan fingerprint density at radius 2 is 0.308 bits per heavy atom. The van der Waals surface area contributed by atoms with E-state index in [-0.39, 0.29) is 35.5 Å². The summed E-state index contributed by atoms with van der Waals surface area (Å²) in [5, 5.41) is 0. The summed E-state index contributed by atoms with van der Waals surface area (Å²) in [6, 6.07) is 21.9. The summed E-state index contributed by atoms with van der Waals surface area (Å²) in [5.74, 6) is -1.03. The second-order valence-corrected chi connectivity index (χ2v) is 40.7. The standard InChI is InChI=1S/C22H34F2.3C20H30F2.2C18H26F2/c1-3-5-7-9-17-11-13-18(14-12-17)20-16-15-19(10-8-6-4-2)21(23)22(20)24;2*1-3-5-6-8-15-9-11-16(12-10-15)18-14-13-17(7-4-2)19(21)20(18)22;1-3-5-6-8-17-13-14-18(20(22)19(17)21)16-11-9-15(7-4-2)10-12-16;2*1-3-5-13-7-9-14(10-8-13)16-12-11-15(6-4-2)17(19)18(16)20/h15-18H,3-14H2,1-2H3;3*13-16H,3-12H2,1-2H3;2*11-14H,3-10H2,1-2H3. The van der Waals surface area contributed by atoms with E-state index < -0.39 is 69.8 Å². The molecule has 0 nitrogen and oxygen atoms in total. The highest BCUT2D eigenvalue weighted by molar-refractivity contribution is 5.35. The summed E-state index contributed by atoms with van der Waals surface area (Å²) in [4.78, 5) is 0. The van der Waals surface area contributed by atoms with Crippen LogP contribution in [0, 0.1) is 105 Å². The van der Waals surface area contributed by atoms with Crippen LogP contribution in [0.15, 0.2) is 72.8 Å². The molecule has 12 rings (SSSR count). The Hall–Kier alpha value is -5.52. The van der Waals surface area contributed by atoms with Gasteiger partial charge < -0.3 is 0 Å². The average molecular weight is 1820 g/mol. The van der Waals surface area contributed by atoms with Crippen LogP contribution in [0.1, 0.15) is 519 Å². The first-order valence-corrected chi connectivity index (χ1v) is 53.8. The van der Waals surface area contributed by atoms with E-state index in [9.17, 15) is 52.7 Å². The molecule has 0 spiro atoms. The Morgan fingerprint density at radius 3 is 0.462 bits per heavy atom. The fourth-order valence-corrected chi connectivity index (χ4v) is 22.7. The lowest BCUT2D eigenvalue weighted by Crippen LogP contribution is -2.15. The van der Waals surface area contributed by atoms with Crippen molar-refractivity contribution in [3.63, 3.8) is 0 Å². The molecule has 0 saturated heterocycles. The van der Waals surface area contributed by atoms with Crippen LogP contribution < -0.4 is 0 Å². The molecule has 0 bridgehead atoms. The van der Waals surface area contributed by atoms with Crippen molar-refractivity contribution in [1.82, 2.24) is 0 Å². The molecule has 6 aliphatic rings. The molecule has 0 heterocycles. The fraction of sp³-hybridized carbons (Fsp3) is 0.695. The molecule has 0 aliphatic heterocycles. The van der Waals surface area contributed by atoms with Crippen molar-refractivity contribution in [2.24, 2.45) is 35.5 Å². The molecule has 732 valence electrons. The van der Waals surface area contributed by atoms with Crippen molar-refractivity contribution in [2.75, 3.05) is 0 Å². The second-order valence-electron chi connectivity index (χ2n) is 40.7. The molecular formula is C118H176F12. The third-order valence-electron chi connectivity index (χ3n) is 30.8. The van der Waals surface area contributed by atoms with Crippen molar-refractivity contribution < 1.29 is 52.7 Å². The van der Waals surface area contributed by atoms with Crippen LogP contribution in [0.5, 0.6) is 0 Å². The van der Waals surface area contributed by atoms with Gasteiger partial charge in [0, 0.05) is 0 Å². The Morgan fingerprint density at radius 1 is 0.154 bits per heavy atom. The monoisotopic (exact) mass is 1820 g/mol. The predicted octanol–water partition coefficient (Wildman–Crippen LogP) is 39.8. The van der Waals surface area contributed by atoms with Gasteiger partial charge in [0.05, 0.1) is 0 Å². The lowest BCUT2D eigenvalue weighted by molar-refractivity contribution is 0.297. The quantitative estimate of drug-likeness (QED) is 0.0266. The van der Waals surface area contributed by atoms with Gasteiger partial charge >= 0.3 is 0 Å². The fourth-order valence-electron chi connectivity index (χ4n) is 22.7. The first kappa shape index (κ1) is 111. The van der Waals surface area contributed by atoms with Crippen LogP contribution in [0.4, 0.5) is 52.7 Å². The van der Waals surface area contributed by atoms with E-state index >= 15 is 0 Å². The molecule has 0 amide bonds. The number of aryl methyl sites for hydroxylation is 6. The van der Waals surface area contributed by atoms with Gasteiger partial charge in [-0.15, -0.1) is 0 Å². The van der Waals surface area contributed by atoms with E-state index in [1.807, 2.05) is 76.2 Å². The topological polar surface area (TPSA) is 0 Å². The molecule has 6 saturated carbocycles. The Labute approximate surface area is 784 Å². The Kier molecular flexibility index (Phi) is 53.4. The molecule has 0 radical (unpaired) electrons. The van der Waals surface area contributed by atoms with Crippen LogP contribution in [0.3, 0.4) is 0 Å². The summed E-state index contributed by atoms with van der Waals surface area (Å²) in [6.07, 6.45) is 62.7. The lowest BCUT2D eigenvalue weighted by atomic mass is 9.76. The minimum atomic E-state index is -0.611. The molecule has 0 atom stereocenters. The lowest BCUT2D eigenvalue weighted by Gasteiger charge is -2.29. The van der Waals surface area contributed by atoms with E-state index in [4.69, 9.17) is 0 Å². The number of hydrogen-bond donors (Lipinski definition) is 0. The highest BCUT2D eigenvalue weighted by Crippen LogP contribution is 2.47. The Bertz CT molecular complexity index is 3900. The van der Waals surface area contributed by atoms with Gasteiger partial charge in [0.2, 0.25) is 0 Å². The summed E-state index contributed by atoms with van der Waals surface area (Å²) in [6.45, 7) is 25.6. The third kappa shape index (κ3) is 35.2. The highest BCUT2D eigenvalue weighted by atomic mass is 19.2. The molecule has 0 unspecified atom stereocenters. The van der Waals surface area contributed by atoms with E-state index in [0.717, 1.165) is 215 Å². The van der Waals surface area contributed by atoms with Gasteiger partial charge in [-0.05, 0) is 343 Å². The van der Waals surface area contributed by atoms with Crippen LogP contribution in [-0.2, 0) is 38.5 Å².